The van der Waals surface area contributed by atoms with Crippen LogP contribution < -0.4 is 15.6 Å². The van der Waals surface area contributed by atoms with Crippen molar-refractivity contribution in [3.05, 3.63) is 57.8 Å². The highest BCUT2D eigenvalue weighted by Crippen LogP contribution is 2.42. The molecule has 0 aliphatic heterocycles. The molecule has 1 aliphatic carbocycles. The average molecular weight is 342 g/mol. The van der Waals surface area contributed by atoms with Gasteiger partial charge in [-0.3, -0.25) is 5.73 Å². The number of nitrogens with two attached hydrogens (primary N) is 1. The molecule has 1 heterocycles. The topological polar surface area (TPSA) is 91.0 Å². The number of allylic oxidation sites excluding steroid dienone is 3. The quantitative estimate of drug-likeness (QED) is 0.907. The van der Waals surface area contributed by atoms with Gasteiger partial charge in [-0.25, -0.2) is 4.98 Å². The number of anilines is 2. The van der Waals surface area contributed by atoms with Gasteiger partial charge in [0.25, 0.3) is 5.82 Å². The second kappa shape index (κ2) is 6.38. The molecule has 1 aromatic heterocycles. The SMILES string of the molecule is CC1=C(C#N)c2[nH+]c(N)c(C#N)c(C)c2/C1=C/c1ccc(N(C)C)cc1. The van der Waals surface area contributed by atoms with Crippen LogP contribution in [0.25, 0.3) is 17.2 Å². The second-order valence-corrected chi connectivity index (χ2v) is 6.56. The number of nitrogen functional groups attached to an aromatic ring is 1. The Morgan fingerprint density at radius 2 is 1.73 bits per heavy atom. The number of pyridine rings is 1. The predicted octanol–water partition coefficient (Wildman–Crippen LogP) is 3.18. The average Bonchev–Trinajstić information content (AvgIpc) is 2.87. The summed E-state index contributed by atoms with van der Waals surface area (Å²) in [5.74, 6) is 0.292. The number of H-pyrrole nitrogens is 1. The number of aromatic amines is 1. The first-order chi connectivity index (χ1) is 12.4. The molecule has 3 rings (SSSR count). The lowest BCUT2D eigenvalue weighted by atomic mass is 9.95. The fourth-order valence-corrected chi connectivity index (χ4v) is 3.31. The van der Waals surface area contributed by atoms with Gasteiger partial charge in [0.1, 0.15) is 23.3 Å². The molecule has 5 nitrogen and oxygen atoms in total. The third-order valence-corrected chi connectivity index (χ3v) is 4.77. The first-order valence-corrected chi connectivity index (χ1v) is 8.25. The fraction of sp³-hybridized carbons (Fsp3) is 0.190. The number of hydrogen-bond acceptors (Lipinski definition) is 4. The van der Waals surface area contributed by atoms with E-state index in [0.29, 0.717) is 22.6 Å². The summed E-state index contributed by atoms with van der Waals surface area (Å²) in [4.78, 5) is 5.09. The van der Waals surface area contributed by atoms with Gasteiger partial charge in [-0.15, -0.1) is 0 Å². The molecule has 0 saturated heterocycles. The molecular weight excluding hydrogens is 322 g/mol. The molecule has 1 aliphatic rings. The van der Waals surface area contributed by atoms with Crippen LogP contribution in [-0.4, -0.2) is 14.1 Å². The Morgan fingerprint density at radius 1 is 1.08 bits per heavy atom. The minimum Gasteiger partial charge on any atom is -0.378 e. The molecule has 5 heteroatoms. The normalized spacial score (nSPS) is 14.2. The van der Waals surface area contributed by atoms with Gasteiger partial charge in [0.05, 0.1) is 0 Å². The largest absolute Gasteiger partial charge is 0.378 e. The summed E-state index contributed by atoms with van der Waals surface area (Å²) in [5.41, 5.74) is 13.3. The van der Waals surface area contributed by atoms with Crippen molar-refractivity contribution in [2.75, 3.05) is 24.7 Å². The maximum atomic E-state index is 9.61. The zero-order valence-corrected chi connectivity index (χ0v) is 15.3. The third-order valence-electron chi connectivity index (χ3n) is 4.77. The van der Waals surface area contributed by atoms with Crippen LogP contribution in [0.5, 0.6) is 0 Å². The molecule has 0 fully saturated rings. The van der Waals surface area contributed by atoms with Gasteiger partial charge >= 0.3 is 0 Å². The van der Waals surface area contributed by atoms with E-state index in [1.807, 2.05) is 45.0 Å². The molecule has 0 radical (unpaired) electrons. The number of hydrogen-bond donors (Lipinski definition) is 1. The van der Waals surface area contributed by atoms with Crippen molar-refractivity contribution < 1.29 is 4.98 Å². The number of nitriles is 2. The summed E-state index contributed by atoms with van der Waals surface area (Å²) in [6, 6.07) is 12.6. The summed E-state index contributed by atoms with van der Waals surface area (Å²) in [6.07, 6.45) is 2.05. The van der Waals surface area contributed by atoms with Gasteiger partial charge < -0.3 is 4.90 Å². The van der Waals surface area contributed by atoms with Crippen LogP contribution in [0.2, 0.25) is 0 Å². The van der Waals surface area contributed by atoms with Gasteiger partial charge in [-0.1, -0.05) is 12.1 Å². The smallest absolute Gasteiger partial charge is 0.289 e. The Labute approximate surface area is 153 Å². The monoisotopic (exact) mass is 342 g/mol. The van der Waals surface area contributed by atoms with Crippen molar-refractivity contribution >= 4 is 28.7 Å². The van der Waals surface area contributed by atoms with Crippen molar-refractivity contribution in [3.63, 3.8) is 0 Å². The van der Waals surface area contributed by atoms with E-state index < -0.39 is 0 Å². The van der Waals surface area contributed by atoms with Crippen molar-refractivity contribution in [3.8, 4) is 12.1 Å². The van der Waals surface area contributed by atoms with Crippen molar-refractivity contribution in [1.82, 2.24) is 0 Å². The maximum Gasteiger partial charge on any atom is 0.289 e. The second-order valence-electron chi connectivity index (χ2n) is 6.56. The third kappa shape index (κ3) is 2.60. The number of fused-ring (bicyclic) bond motifs is 1. The molecule has 0 unspecified atom stereocenters. The van der Waals surface area contributed by atoms with Gasteiger partial charge in [-0.2, -0.15) is 10.5 Å². The number of nitrogens with zero attached hydrogens (tertiary/aromatic N) is 3. The Kier molecular flexibility index (Phi) is 4.24. The number of rotatable bonds is 2. The lowest BCUT2D eigenvalue weighted by Crippen LogP contribution is -2.20. The molecule has 0 spiro atoms. The summed E-state index contributed by atoms with van der Waals surface area (Å²) in [5, 5.41) is 19.0. The highest BCUT2D eigenvalue weighted by atomic mass is 15.1. The fourth-order valence-electron chi connectivity index (χ4n) is 3.31. The van der Waals surface area contributed by atoms with Gasteiger partial charge in [0.15, 0.2) is 5.69 Å². The summed E-state index contributed by atoms with van der Waals surface area (Å²) in [7, 11) is 4.00. The first kappa shape index (κ1) is 17.3. The van der Waals surface area contributed by atoms with E-state index in [-0.39, 0.29) is 0 Å². The van der Waals surface area contributed by atoms with E-state index in [0.717, 1.165) is 33.5 Å². The van der Waals surface area contributed by atoms with Crippen LogP contribution in [0.1, 0.15) is 34.9 Å². The standard InChI is InChI=1S/C21H19N5/c1-12-16(9-14-5-7-15(8-6-14)26(3)4)19-13(2)18(11-23)21(24)25-20(19)17(12)10-22/h5-9H,1-4H3,(H2,24,25)/p+1/b16-9+. The van der Waals surface area contributed by atoms with Crippen LogP contribution in [-0.2, 0) is 0 Å². The molecule has 3 N–H and O–H groups in total. The minimum absolute atomic E-state index is 0.292. The van der Waals surface area contributed by atoms with Crippen LogP contribution in [0.15, 0.2) is 29.8 Å². The molecule has 1 aromatic carbocycles. The lowest BCUT2D eigenvalue weighted by Gasteiger charge is -2.12. The van der Waals surface area contributed by atoms with E-state index in [1.165, 1.54) is 0 Å². The van der Waals surface area contributed by atoms with Crippen LogP contribution >= 0.6 is 0 Å². The van der Waals surface area contributed by atoms with Gasteiger partial charge in [0.2, 0.25) is 0 Å². The van der Waals surface area contributed by atoms with Gasteiger partial charge in [-0.05, 0) is 54.3 Å². The molecule has 2 aromatic rings. The summed E-state index contributed by atoms with van der Waals surface area (Å²) in [6.45, 7) is 3.80. The molecule has 0 saturated carbocycles. The molecular formula is C21H20N5+. The molecule has 0 amide bonds. The molecule has 0 bridgehead atoms. The molecule has 0 atom stereocenters. The van der Waals surface area contributed by atoms with Crippen molar-refractivity contribution in [2.24, 2.45) is 0 Å². The van der Waals surface area contributed by atoms with Crippen molar-refractivity contribution in [1.29, 1.82) is 10.5 Å². The van der Waals surface area contributed by atoms with Gasteiger partial charge in [0, 0.05) is 25.3 Å². The van der Waals surface area contributed by atoms with E-state index in [2.05, 4.69) is 35.3 Å². The van der Waals surface area contributed by atoms with E-state index in [1.54, 1.807) is 0 Å². The van der Waals surface area contributed by atoms with E-state index in [9.17, 15) is 10.5 Å². The summed E-state index contributed by atoms with van der Waals surface area (Å²) >= 11 is 0. The molecule has 26 heavy (non-hydrogen) atoms. The van der Waals surface area contributed by atoms with Crippen molar-refractivity contribution in [2.45, 2.75) is 13.8 Å². The Bertz CT molecular complexity index is 1040. The predicted molar refractivity (Wildman–Crippen MR) is 104 cm³/mol. The number of nitrogens with one attached hydrogen (secondary N) is 1. The Morgan fingerprint density at radius 3 is 2.27 bits per heavy atom. The highest BCUT2D eigenvalue weighted by Gasteiger charge is 2.32. The lowest BCUT2D eigenvalue weighted by molar-refractivity contribution is -0.364. The number of aromatic nitrogens is 1. The minimum atomic E-state index is 0.292. The van der Waals surface area contributed by atoms with Crippen LogP contribution in [0.4, 0.5) is 11.5 Å². The van der Waals surface area contributed by atoms with Crippen LogP contribution in [0.3, 0.4) is 0 Å². The highest BCUT2D eigenvalue weighted by molar-refractivity contribution is 6.07. The maximum absolute atomic E-state index is 9.61. The number of benzene rings is 1. The Hall–Kier alpha value is -3.57. The van der Waals surface area contributed by atoms with E-state index in [4.69, 9.17) is 5.73 Å². The van der Waals surface area contributed by atoms with Crippen LogP contribution in [0, 0.1) is 29.6 Å². The first-order valence-electron chi connectivity index (χ1n) is 8.25. The Balaban J connectivity index is 2.23. The zero-order valence-electron chi connectivity index (χ0n) is 15.3. The molecule has 128 valence electrons. The summed E-state index contributed by atoms with van der Waals surface area (Å²) < 4.78 is 0. The zero-order chi connectivity index (χ0) is 19.0. The van der Waals surface area contributed by atoms with E-state index >= 15 is 0 Å².